The highest BCUT2D eigenvalue weighted by Gasteiger charge is 1.99. The second-order valence-electron chi connectivity index (χ2n) is 3.65. The summed E-state index contributed by atoms with van der Waals surface area (Å²) in [5.74, 6) is 0.617. The standard InChI is InChI=1S/C13H19NO3/c1-3-16-13(15)10-14-7-8-17-12-6-4-5-11(2)9-12/h4-6,9,14H,3,7-8,10H2,1-2H3. The monoisotopic (exact) mass is 237 g/mol. The number of carbonyl (C=O) groups excluding carboxylic acids is 1. The van der Waals surface area contributed by atoms with Crippen molar-refractivity contribution >= 4 is 5.97 Å². The summed E-state index contributed by atoms with van der Waals surface area (Å²) in [5, 5.41) is 2.96. The van der Waals surface area contributed by atoms with E-state index in [2.05, 4.69) is 5.32 Å². The summed E-state index contributed by atoms with van der Waals surface area (Å²) in [5.41, 5.74) is 1.17. The van der Waals surface area contributed by atoms with E-state index in [0.717, 1.165) is 5.75 Å². The molecular weight excluding hydrogens is 218 g/mol. The van der Waals surface area contributed by atoms with Crippen LogP contribution in [-0.4, -0.2) is 32.3 Å². The van der Waals surface area contributed by atoms with Crippen LogP contribution in [0.2, 0.25) is 0 Å². The first-order valence-electron chi connectivity index (χ1n) is 5.78. The van der Waals surface area contributed by atoms with Crippen molar-refractivity contribution in [1.82, 2.24) is 5.32 Å². The van der Waals surface area contributed by atoms with Crippen LogP contribution in [0.25, 0.3) is 0 Å². The summed E-state index contributed by atoms with van der Waals surface area (Å²) in [4.78, 5) is 11.0. The maximum Gasteiger partial charge on any atom is 0.319 e. The highest BCUT2D eigenvalue weighted by molar-refractivity contribution is 5.71. The largest absolute Gasteiger partial charge is 0.492 e. The molecule has 1 aromatic rings. The lowest BCUT2D eigenvalue weighted by Crippen LogP contribution is -2.28. The van der Waals surface area contributed by atoms with E-state index < -0.39 is 0 Å². The molecule has 0 fully saturated rings. The van der Waals surface area contributed by atoms with Gasteiger partial charge in [-0.15, -0.1) is 0 Å². The molecule has 0 saturated carbocycles. The Bertz CT molecular complexity index is 352. The first-order chi connectivity index (χ1) is 8.22. The van der Waals surface area contributed by atoms with Crippen LogP contribution in [0.15, 0.2) is 24.3 Å². The summed E-state index contributed by atoms with van der Waals surface area (Å²) in [6, 6.07) is 7.87. The van der Waals surface area contributed by atoms with Crippen molar-refractivity contribution in [3.05, 3.63) is 29.8 Å². The van der Waals surface area contributed by atoms with Gasteiger partial charge in [0.05, 0.1) is 13.2 Å². The number of rotatable bonds is 7. The number of aryl methyl sites for hydroxylation is 1. The van der Waals surface area contributed by atoms with E-state index in [0.29, 0.717) is 19.8 Å². The maximum absolute atomic E-state index is 11.0. The van der Waals surface area contributed by atoms with Crippen LogP contribution >= 0.6 is 0 Å². The zero-order valence-corrected chi connectivity index (χ0v) is 10.4. The Kier molecular flexibility index (Phi) is 6.10. The summed E-state index contributed by atoms with van der Waals surface area (Å²) in [6.45, 7) is 5.60. The van der Waals surface area contributed by atoms with Crippen LogP contribution in [0.5, 0.6) is 5.75 Å². The van der Waals surface area contributed by atoms with Gasteiger partial charge in [-0.05, 0) is 31.5 Å². The Morgan fingerprint density at radius 1 is 1.41 bits per heavy atom. The highest BCUT2D eigenvalue weighted by Crippen LogP contribution is 2.11. The van der Waals surface area contributed by atoms with Crippen LogP contribution in [0.4, 0.5) is 0 Å². The predicted molar refractivity (Wildman–Crippen MR) is 66.2 cm³/mol. The molecule has 0 radical (unpaired) electrons. The van der Waals surface area contributed by atoms with E-state index in [4.69, 9.17) is 9.47 Å². The fourth-order valence-electron chi connectivity index (χ4n) is 1.35. The van der Waals surface area contributed by atoms with E-state index in [1.807, 2.05) is 31.2 Å². The van der Waals surface area contributed by atoms with Gasteiger partial charge in [0.15, 0.2) is 0 Å². The fraction of sp³-hybridized carbons (Fsp3) is 0.462. The predicted octanol–water partition coefficient (Wildman–Crippen LogP) is 1.53. The minimum Gasteiger partial charge on any atom is -0.492 e. The maximum atomic E-state index is 11.0. The molecule has 1 rings (SSSR count). The fourth-order valence-corrected chi connectivity index (χ4v) is 1.35. The molecule has 4 nitrogen and oxygen atoms in total. The number of nitrogens with one attached hydrogen (secondary N) is 1. The van der Waals surface area contributed by atoms with E-state index in [9.17, 15) is 4.79 Å². The van der Waals surface area contributed by atoms with E-state index in [-0.39, 0.29) is 12.5 Å². The quantitative estimate of drug-likeness (QED) is 0.577. The van der Waals surface area contributed by atoms with Gasteiger partial charge >= 0.3 is 5.97 Å². The molecule has 4 heteroatoms. The Morgan fingerprint density at radius 2 is 2.24 bits per heavy atom. The van der Waals surface area contributed by atoms with Crippen LogP contribution in [-0.2, 0) is 9.53 Å². The molecule has 0 aliphatic heterocycles. The zero-order valence-electron chi connectivity index (χ0n) is 10.4. The molecule has 0 amide bonds. The third-order valence-electron chi connectivity index (χ3n) is 2.11. The highest BCUT2D eigenvalue weighted by atomic mass is 16.5. The van der Waals surface area contributed by atoms with Gasteiger partial charge in [0, 0.05) is 6.54 Å². The van der Waals surface area contributed by atoms with Gasteiger partial charge in [-0.25, -0.2) is 0 Å². The lowest BCUT2D eigenvalue weighted by atomic mass is 10.2. The lowest BCUT2D eigenvalue weighted by molar-refractivity contribution is -0.142. The van der Waals surface area contributed by atoms with Gasteiger partial charge in [-0.1, -0.05) is 12.1 Å². The SMILES string of the molecule is CCOC(=O)CNCCOc1cccc(C)c1. The van der Waals surface area contributed by atoms with Gasteiger partial charge in [-0.2, -0.15) is 0 Å². The molecule has 1 N–H and O–H groups in total. The smallest absolute Gasteiger partial charge is 0.319 e. The third-order valence-corrected chi connectivity index (χ3v) is 2.11. The van der Waals surface area contributed by atoms with Gasteiger partial charge in [-0.3, -0.25) is 4.79 Å². The molecule has 0 unspecified atom stereocenters. The molecule has 0 aromatic heterocycles. The number of esters is 1. The molecule has 0 heterocycles. The molecule has 0 aliphatic rings. The Hall–Kier alpha value is -1.55. The number of ether oxygens (including phenoxy) is 2. The first kappa shape index (κ1) is 13.5. The normalized spacial score (nSPS) is 10.0. The van der Waals surface area contributed by atoms with Gasteiger partial charge in [0.25, 0.3) is 0 Å². The van der Waals surface area contributed by atoms with Crippen molar-refractivity contribution in [2.24, 2.45) is 0 Å². The Morgan fingerprint density at radius 3 is 2.94 bits per heavy atom. The van der Waals surface area contributed by atoms with Crippen LogP contribution in [0.1, 0.15) is 12.5 Å². The average Bonchev–Trinajstić information content (AvgIpc) is 2.29. The summed E-state index contributed by atoms with van der Waals surface area (Å²) in [6.07, 6.45) is 0. The van der Waals surface area contributed by atoms with E-state index in [1.54, 1.807) is 6.92 Å². The van der Waals surface area contributed by atoms with Crippen molar-refractivity contribution in [3.8, 4) is 5.75 Å². The van der Waals surface area contributed by atoms with E-state index in [1.165, 1.54) is 5.56 Å². The molecule has 0 aliphatic carbocycles. The zero-order chi connectivity index (χ0) is 12.5. The van der Waals surface area contributed by atoms with Crippen molar-refractivity contribution in [2.45, 2.75) is 13.8 Å². The molecule has 0 atom stereocenters. The summed E-state index contributed by atoms with van der Waals surface area (Å²) in [7, 11) is 0. The van der Waals surface area contributed by atoms with E-state index >= 15 is 0 Å². The van der Waals surface area contributed by atoms with Crippen molar-refractivity contribution < 1.29 is 14.3 Å². The molecular formula is C13H19NO3. The second-order valence-corrected chi connectivity index (χ2v) is 3.65. The second kappa shape index (κ2) is 7.68. The van der Waals surface area contributed by atoms with Crippen molar-refractivity contribution in [3.63, 3.8) is 0 Å². The minimum atomic E-state index is -0.233. The number of hydrogen-bond acceptors (Lipinski definition) is 4. The molecule has 1 aromatic carbocycles. The number of benzene rings is 1. The summed E-state index contributed by atoms with van der Waals surface area (Å²) >= 11 is 0. The topological polar surface area (TPSA) is 47.6 Å². The third kappa shape index (κ3) is 5.92. The lowest BCUT2D eigenvalue weighted by Gasteiger charge is -2.07. The molecule has 17 heavy (non-hydrogen) atoms. The van der Waals surface area contributed by atoms with Crippen LogP contribution < -0.4 is 10.1 Å². The Balaban J connectivity index is 2.10. The molecule has 0 bridgehead atoms. The van der Waals surface area contributed by atoms with Crippen LogP contribution in [0, 0.1) is 6.92 Å². The van der Waals surface area contributed by atoms with Crippen molar-refractivity contribution in [1.29, 1.82) is 0 Å². The van der Waals surface area contributed by atoms with Gasteiger partial charge < -0.3 is 14.8 Å². The number of carbonyl (C=O) groups is 1. The molecule has 0 saturated heterocycles. The molecule has 0 spiro atoms. The first-order valence-corrected chi connectivity index (χ1v) is 5.78. The molecule has 94 valence electrons. The average molecular weight is 237 g/mol. The van der Waals surface area contributed by atoms with Crippen LogP contribution in [0.3, 0.4) is 0 Å². The number of hydrogen-bond donors (Lipinski definition) is 1. The Labute approximate surface area is 102 Å². The van der Waals surface area contributed by atoms with Gasteiger partial charge in [0.2, 0.25) is 0 Å². The van der Waals surface area contributed by atoms with Crippen molar-refractivity contribution in [2.75, 3.05) is 26.3 Å². The minimum absolute atomic E-state index is 0.227. The van der Waals surface area contributed by atoms with Gasteiger partial charge in [0.1, 0.15) is 12.4 Å². The summed E-state index contributed by atoms with van der Waals surface area (Å²) < 4.78 is 10.3.